The quantitative estimate of drug-likeness (QED) is 0.485. The Kier molecular flexibility index (Phi) is 4.53. The maximum Gasteiger partial charge on any atom is 0.350 e. The first-order chi connectivity index (χ1) is 10.6. The molecule has 0 unspecified atom stereocenters. The number of cyclic esters (lactones) is 2. The number of carbonyl (C=O) groups excluding carboxylic acids is 2. The summed E-state index contributed by atoms with van der Waals surface area (Å²) in [6.45, 7) is 2.84. The molecule has 7 nitrogen and oxygen atoms in total. The van der Waals surface area contributed by atoms with E-state index >= 15 is 0 Å². The van der Waals surface area contributed by atoms with Crippen LogP contribution in [-0.2, 0) is 19.1 Å². The van der Waals surface area contributed by atoms with Gasteiger partial charge in [0.25, 0.3) is 5.79 Å². The zero-order valence-electron chi connectivity index (χ0n) is 12.0. The molecule has 122 valence electrons. The molecule has 1 aliphatic rings. The van der Waals surface area contributed by atoms with Crippen molar-refractivity contribution < 1.29 is 29.0 Å². The smallest absolute Gasteiger partial charge is 0.350 e. The van der Waals surface area contributed by atoms with Gasteiger partial charge in [0.2, 0.25) is 0 Å². The van der Waals surface area contributed by atoms with E-state index < -0.39 is 23.7 Å². The van der Waals surface area contributed by atoms with Crippen LogP contribution in [0.25, 0.3) is 0 Å². The van der Waals surface area contributed by atoms with Gasteiger partial charge in [-0.05, 0) is 12.1 Å². The second kappa shape index (κ2) is 6.10. The number of aromatic carboxylic acids is 1. The molecule has 2 rings (SSSR count). The van der Waals surface area contributed by atoms with Gasteiger partial charge in [-0.15, -0.1) is 0 Å². The number of nitrogens with one attached hydrogen (secondary N) is 1. The van der Waals surface area contributed by atoms with Crippen LogP contribution in [0.1, 0.15) is 24.2 Å². The number of esters is 2. The van der Waals surface area contributed by atoms with E-state index in [1.54, 1.807) is 0 Å². The van der Waals surface area contributed by atoms with Gasteiger partial charge >= 0.3 is 17.9 Å². The van der Waals surface area contributed by atoms with Gasteiger partial charge in [0.05, 0.1) is 21.3 Å². The highest BCUT2D eigenvalue weighted by Gasteiger charge is 2.39. The third-order valence-corrected chi connectivity index (χ3v) is 3.40. The monoisotopic (exact) mass is 359 g/mol. The van der Waals surface area contributed by atoms with E-state index in [9.17, 15) is 14.4 Å². The Morgan fingerprint density at radius 1 is 1.17 bits per heavy atom. The summed E-state index contributed by atoms with van der Waals surface area (Å²) >= 11 is 11.7. The molecule has 1 saturated heterocycles. The van der Waals surface area contributed by atoms with Crippen molar-refractivity contribution in [3.05, 3.63) is 39.5 Å². The van der Waals surface area contributed by atoms with Gasteiger partial charge in [-0.25, -0.2) is 14.4 Å². The third-order valence-electron chi connectivity index (χ3n) is 2.78. The molecule has 1 aromatic carbocycles. The predicted molar refractivity (Wildman–Crippen MR) is 81.4 cm³/mol. The maximum atomic E-state index is 11.8. The number of hydrogen-bond donors (Lipinski definition) is 2. The number of halogens is 2. The lowest BCUT2D eigenvalue weighted by Crippen LogP contribution is -2.42. The van der Waals surface area contributed by atoms with Gasteiger partial charge in [0.15, 0.2) is 5.57 Å². The van der Waals surface area contributed by atoms with Crippen LogP contribution >= 0.6 is 23.2 Å². The summed E-state index contributed by atoms with van der Waals surface area (Å²) in [6, 6.07) is 2.40. The van der Waals surface area contributed by atoms with E-state index in [0.717, 1.165) is 6.20 Å². The minimum absolute atomic E-state index is 0.0426. The van der Waals surface area contributed by atoms with Gasteiger partial charge in [-0.3, -0.25) is 0 Å². The number of carbonyl (C=O) groups is 3. The van der Waals surface area contributed by atoms with Crippen molar-refractivity contribution in [3.8, 4) is 0 Å². The summed E-state index contributed by atoms with van der Waals surface area (Å²) in [5.41, 5.74) is -0.425. The molecule has 0 radical (unpaired) electrons. The summed E-state index contributed by atoms with van der Waals surface area (Å²) in [4.78, 5) is 34.6. The average molecular weight is 360 g/mol. The van der Waals surface area contributed by atoms with Crippen LogP contribution < -0.4 is 5.32 Å². The van der Waals surface area contributed by atoms with Crippen LogP contribution in [0.2, 0.25) is 10.0 Å². The van der Waals surface area contributed by atoms with E-state index in [0.29, 0.717) is 0 Å². The maximum absolute atomic E-state index is 11.8. The van der Waals surface area contributed by atoms with Crippen molar-refractivity contribution in [2.24, 2.45) is 0 Å². The van der Waals surface area contributed by atoms with Crippen LogP contribution in [0, 0.1) is 0 Å². The van der Waals surface area contributed by atoms with Crippen LogP contribution in [0.4, 0.5) is 5.69 Å². The molecule has 0 amide bonds. The van der Waals surface area contributed by atoms with Crippen molar-refractivity contribution in [2.75, 3.05) is 5.32 Å². The van der Waals surface area contributed by atoms with Crippen molar-refractivity contribution in [2.45, 2.75) is 19.6 Å². The number of carboxylic acids is 1. The molecule has 0 saturated carbocycles. The van der Waals surface area contributed by atoms with E-state index in [4.69, 9.17) is 37.8 Å². The van der Waals surface area contributed by atoms with E-state index in [-0.39, 0.29) is 26.9 Å². The molecule has 1 heterocycles. The van der Waals surface area contributed by atoms with Crippen LogP contribution in [0.15, 0.2) is 23.9 Å². The Morgan fingerprint density at radius 2 is 1.74 bits per heavy atom. The molecule has 2 N–H and O–H groups in total. The molecule has 0 aliphatic carbocycles. The van der Waals surface area contributed by atoms with E-state index in [1.165, 1.54) is 26.0 Å². The number of ether oxygens (including phenoxy) is 2. The van der Waals surface area contributed by atoms with E-state index in [2.05, 4.69) is 5.32 Å². The molecule has 1 aliphatic heterocycles. The molecule has 1 aromatic rings. The number of carboxylic acid groups (broad SMARTS) is 1. The number of benzene rings is 1. The van der Waals surface area contributed by atoms with Crippen molar-refractivity contribution in [1.82, 2.24) is 0 Å². The molecular weight excluding hydrogens is 349 g/mol. The van der Waals surface area contributed by atoms with E-state index in [1.807, 2.05) is 0 Å². The summed E-state index contributed by atoms with van der Waals surface area (Å²) in [7, 11) is 0. The first kappa shape index (κ1) is 17.1. The highest BCUT2D eigenvalue weighted by Crippen LogP contribution is 2.30. The Hall–Kier alpha value is -2.25. The van der Waals surface area contributed by atoms with Gasteiger partial charge in [-0.1, -0.05) is 23.2 Å². The predicted octanol–water partition coefficient (Wildman–Crippen LogP) is 2.82. The third kappa shape index (κ3) is 3.75. The fourth-order valence-corrected chi connectivity index (χ4v) is 2.27. The Labute approximate surface area is 140 Å². The van der Waals surface area contributed by atoms with Crippen LogP contribution in [0.5, 0.6) is 0 Å². The van der Waals surface area contributed by atoms with Crippen LogP contribution in [-0.4, -0.2) is 28.8 Å². The average Bonchev–Trinajstić information content (AvgIpc) is 2.37. The highest BCUT2D eigenvalue weighted by atomic mass is 35.5. The lowest BCUT2D eigenvalue weighted by atomic mass is 10.2. The molecule has 0 atom stereocenters. The molecule has 0 spiro atoms. The molecule has 1 fully saturated rings. The SMILES string of the molecule is CC1(C)OC(=O)C(=CNc2cc(C(=O)O)c(Cl)cc2Cl)C(=O)O1. The second-order valence-corrected chi connectivity index (χ2v) is 5.81. The fraction of sp³-hybridized carbons (Fsp3) is 0.214. The number of hydrogen-bond acceptors (Lipinski definition) is 6. The summed E-state index contributed by atoms with van der Waals surface area (Å²) < 4.78 is 9.84. The molecule has 0 bridgehead atoms. The normalized spacial score (nSPS) is 16.4. The Bertz CT molecular complexity index is 719. The van der Waals surface area contributed by atoms with Gasteiger partial charge in [0.1, 0.15) is 0 Å². The van der Waals surface area contributed by atoms with Crippen LogP contribution in [0.3, 0.4) is 0 Å². The van der Waals surface area contributed by atoms with Crippen molar-refractivity contribution in [3.63, 3.8) is 0 Å². The standard InChI is InChI=1S/C14H11Cl2NO6/c1-14(2)22-12(20)7(13(21)23-14)5-17-10-3-6(11(18)19)8(15)4-9(10)16/h3-5,17H,1-2H3,(H,18,19). The summed E-state index contributed by atoms with van der Waals surface area (Å²) in [5, 5.41) is 11.7. The van der Waals surface area contributed by atoms with Crippen molar-refractivity contribution in [1.29, 1.82) is 0 Å². The lowest BCUT2D eigenvalue weighted by molar-refractivity contribution is -0.222. The summed E-state index contributed by atoms with van der Waals surface area (Å²) in [6.07, 6.45) is 1.03. The van der Waals surface area contributed by atoms with Gasteiger partial charge in [-0.2, -0.15) is 0 Å². The second-order valence-electron chi connectivity index (χ2n) is 5.00. The fourth-order valence-electron chi connectivity index (χ4n) is 1.75. The van der Waals surface area contributed by atoms with Gasteiger partial charge < -0.3 is 19.9 Å². The Morgan fingerprint density at radius 3 is 2.26 bits per heavy atom. The number of anilines is 1. The zero-order chi connectivity index (χ0) is 17.4. The topological polar surface area (TPSA) is 102 Å². The number of rotatable bonds is 3. The Balaban J connectivity index is 2.30. The molecule has 23 heavy (non-hydrogen) atoms. The minimum atomic E-state index is -1.35. The molecule has 9 heteroatoms. The van der Waals surface area contributed by atoms with Crippen molar-refractivity contribution >= 4 is 46.8 Å². The highest BCUT2D eigenvalue weighted by molar-refractivity contribution is 6.38. The van der Waals surface area contributed by atoms with Gasteiger partial charge in [0, 0.05) is 20.0 Å². The summed E-state index contributed by atoms with van der Waals surface area (Å²) in [5.74, 6) is -4.34. The first-order valence-corrected chi connectivity index (χ1v) is 7.02. The first-order valence-electron chi connectivity index (χ1n) is 6.26. The molecule has 0 aromatic heterocycles. The largest absolute Gasteiger partial charge is 0.478 e. The zero-order valence-corrected chi connectivity index (χ0v) is 13.5. The minimum Gasteiger partial charge on any atom is -0.478 e. The molecular formula is C14H11Cl2NO6. The lowest BCUT2D eigenvalue weighted by Gasteiger charge is -2.29.